The number of ether oxygens (including phenoxy) is 1. The van der Waals surface area contributed by atoms with E-state index in [0.29, 0.717) is 12.4 Å². The van der Waals surface area contributed by atoms with Crippen molar-refractivity contribution < 1.29 is 9.13 Å². The average Bonchev–Trinajstić information content (AvgIpc) is 2.44. The molecule has 0 aromatic heterocycles. The highest BCUT2D eigenvalue weighted by Gasteiger charge is 2.01. The van der Waals surface area contributed by atoms with Crippen molar-refractivity contribution in [3.05, 3.63) is 65.5 Å². The van der Waals surface area contributed by atoms with Crippen molar-refractivity contribution in [2.45, 2.75) is 12.8 Å². The first-order chi connectivity index (χ1) is 9.28. The highest BCUT2D eigenvalue weighted by Crippen LogP contribution is 2.16. The van der Waals surface area contributed by atoms with E-state index in [0.717, 1.165) is 12.8 Å². The molecule has 2 aromatic rings. The first-order valence-electron chi connectivity index (χ1n) is 6.15. The van der Waals surface area contributed by atoms with E-state index in [-0.39, 0.29) is 5.56 Å². The van der Waals surface area contributed by atoms with Crippen molar-refractivity contribution in [1.29, 1.82) is 5.26 Å². The van der Waals surface area contributed by atoms with Gasteiger partial charge in [-0.05, 0) is 30.5 Å². The molecule has 0 saturated heterocycles. The maximum absolute atomic E-state index is 13.2. The van der Waals surface area contributed by atoms with Crippen LogP contribution in [0.5, 0.6) is 5.75 Å². The van der Waals surface area contributed by atoms with Crippen LogP contribution in [-0.2, 0) is 6.42 Å². The van der Waals surface area contributed by atoms with Crippen LogP contribution < -0.4 is 4.74 Å². The van der Waals surface area contributed by atoms with Gasteiger partial charge >= 0.3 is 0 Å². The van der Waals surface area contributed by atoms with Gasteiger partial charge in [0.25, 0.3) is 0 Å². The summed E-state index contributed by atoms with van der Waals surface area (Å²) < 4.78 is 18.6. The number of hydrogen-bond donors (Lipinski definition) is 0. The van der Waals surface area contributed by atoms with Gasteiger partial charge in [0.15, 0.2) is 0 Å². The summed E-state index contributed by atoms with van der Waals surface area (Å²) in [7, 11) is 0. The molecule has 2 aromatic carbocycles. The third-order valence-electron chi connectivity index (χ3n) is 2.72. The van der Waals surface area contributed by atoms with E-state index >= 15 is 0 Å². The summed E-state index contributed by atoms with van der Waals surface area (Å²) in [4.78, 5) is 0. The Bertz CT molecular complexity index is 575. The molecule has 0 radical (unpaired) electrons. The second kappa shape index (κ2) is 6.55. The number of aryl methyl sites for hydroxylation is 1. The molecule has 0 amide bonds. The maximum atomic E-state index is 13.2. The van der Waals surface area contributed by atoms with Gasteiger partial charge in [0.2, 0.25) is 0 Å². The van der Waals surface area contributed by atoms with Gasteiger partial charge in [0.05, 0.1) is 18.2 Å². The summed E-state index contributed by atoms with van der Waals surface area (Å²) in [6.45, 7) is 0.503. The highest BCUT2D eigenvalue weighted by atomic mass is 19.1. The van der Waals surface area contributed by atoms with E-state index in [4.69, 9.17) is 10.00 Å². The van der Waals surface area contributed by atoms with Gasteiger partial charge in [0.1, 0.15) is 11.6 Å². The lowest BCUT2D eigenvalue weighted by Crippen LogP contribution is -2.00. The van der Waals surface area contributed by atoms with Crippen LogP contribution in [0.2, 0.25) is 0 Å². The largest absolute Gasteiger partial charge is 0.493 e. The molecule has 3 heteroatoms. The minimum Gasteiger partial charge on any atom is -0.493 e. The van der Waals surface area contributed by atoms with Crippen LogP contribution in [0.15, 0.2) is 48.5 Å². The minimum atomic E-state index is -0.447. The molecule has 0 spiro atoms. The molecule has 0 heterocycles. The Hall–Kier alpha value is -2.34. The third-order valence-corrected chi connectivity index (χ3v) is 2.72. The van der Waals surface area contributed by atoms with Crippen molar-refractivity contribution in [1.82, 2.24) is 0 Å². The molecule has 0 atom stereocenters. The van der Waals surface area contributed by atoms with Crippen molar-refractivity contribution in [3.63, 3.8) is 0 Å². The van der Waals surface area contributed by atoms with E-state index in [1.807, 2.05) is 24.3 Å². The summed E-state index contributed by atoms with van der Waals surface area (Å²) in [6, 6.07) is 16.1. The first-order valence-corrected chi connectivity index (χ1v) is 6.15. The quantitative estimate of drug-likeness (QED) is 0.763. The summed E-state index contributed by atoms with van der Waals surface area (Å²) in [6.07, 6.45) is 1.77. The van der Waals surface area contributed by atoms with E-state index in [2.05, 4.69) is 12.1 Å². The number of rotatable bonds is 5. The van der Waals surface area contributed by atoms with Gasteiger partial charge in [-0.3, -0.25) is 0 Å². The molecule has 96 valence electrons. The Kier molecular flexibility index (Phi) is 4.52. The average molecular weight is 255 g/mol. The lowest BCUT2D eigenvalue weighted by atomic mass is 10.1. The number of benzene rings is 2. The highest BCUT2D eigenvalue weighted by molar-refractivity contribution is 5.37. The fraction of sp³-hybridized carbons (Fsp3) is 0.188. The van der Waals surface area contributed by atoms with Gasteiger partial charge in [-0.25, -0.2) is 4.39 Å². The molecule has 0 saturated carbocycles. The molecule has 0 aliphatic heterocycles. The number of hydrogen-bond acceptors (Lipinski definition) is 2. The van der Waals surface area contributed by atoms with E-state index in [1.165, 1.54) is 17.7 Å². The minimum absolute atomic E-state index is 0.276. The smallest absolute Gasteiger partial charge is 0.128 e. The van der Waals surface area contributed by atoms with Crippen molar-refractivity contribution >= 4 is 0 Å². The predicted molar refractivity (Wildman–Crippen MR) is 71.4 cm³/mol. The Labute approximate surface area is 112 Å². The SMILES string of the molecule is N#Cc1cc(F)cc(OCCCc2ccccc2)c1. The van der Waals surface area contributed by atoms with Crippen LogP contribution in [0.4, 0.5) is 4.39 Å². The zero-order valence-electron chi connectivity index (χ0n) is 10.5. The standard InChI is InChI=1S/C16H14FNO/c17-15-9-14(12-18)10-16(11-15)19-8-4-7-13-5-2-1-3-6-13/h1-3,5-6,9-11H,4,7-8H2. The summed E-state index contributed by atoms with van der Waals surface area (Å²) in [5, 5.41) is 8.73. The lowest BCUT2D eigenvalue weighted by Gasteiger charge is -2.06. The van der Waals surface area contributed by atoms with E-state index < -0.39 is 5.82 Å². The lowest BCUT2D eigenvalue weighted by molar-refractivity contribution is 0.309. The molecule has 2 rings (SSSR count). The van der Waals surface area contributed by atoms with Crippen LogP contribution in [0, 0.1) is 17.1 Å². The first kappa shape index (κ1) is 13.1. The van der Waals surface area contributed by atoms with Crippen LogP contribution in [0.1, 0.15) is 17.5 Å². The van der Waals surface area contributed by atoms with Crippen LogP contribution in [0.3, 0.4) is 0 Å². The molecule has 2 nitrogen and oxygen atoms in total. The Morgan fingerprint density at radius 1 is 1.11 bits per heavy atom. The molecule has 0 aliphatic rings. The van der Waals surface area contributed by atoms with Crippen molar-refractivity contribution in [2.75, 3.05) is 6.61 Å². The number of nitriles is 1. The van der Waals surface area contributed by atoms with Crippen LogP contribution >= 0.6 is 0 Å². The van der Waals surface area contributed by atoms with Crippen LogP contribution in [0.25, 0.3) is 0 Å². The van der Waals surface area contributed by atoms with E-state index in [1.54, 1.807) is 6.07 Å². The van der Waals surface area contributed by atoms with Gasteiger partial charge in [-0.1, -0.05) is 30.3 Å². The third kappa shape index (κ3) is 4.11. The van der Waals surface area contributed by atoms with Gasteiger partial charge in [-0.2, -0.15) is 5.26 Å². The van der Waals surface area contributed by atoms with Gasteiger partial charge in [0, 0.05) is 6.07 Å². The van der Waals surface area contributed by atoms with E-state index in [9.17, 15) is 4.39 Å². The monoisotopic (exact) mass is 255 g/mol. The van der Waals surface area contributed by atoms with Crippen molar-refractivity contribution in [3.8, 4) is 11.8 Å². The fourth-order valence-corrected chi connectivity index (χ4v) is 1.82. The molecule has 19 heavy (non-hydrogen) atoms. The molecule has 0 N–H and O–H groups in total. The van der Waals surface area contributed by atoms with Gasteiger partial charge in [-0.15, -0.1) is 0 Å². The number of halogens is 1. The molecule has 0 unspecified atom stereocenters. The van der Waals surface area contributed by atoms with Crippen LogP contribution in [-0.4, -0.2) is 6.61 Å². The summed E-state index contributed by atoms with van der Waals surface area (Å²) in [5.41, 5.74) is 1.53. The zero-order valence-corrected chi connectivity index (χ0v) is 10.5. The molecular weight excluding hydrogens is 241 g/mol. The summed E-state index contributed by atoms with van der Waals surface area (Å²) in [5.74, 6) is -0.0401. The topological polar surface area (TPSA) is 33.0 Å². The second-order valence-electron chi connectivity index (χ2n) is 4.23. The second-order valence-corrected chi connectivity index (χ2v) is 4.23. The predicted octanol–water partition coefficient (Wildman–Crippen LogP) is 3.71. The summed E-state index contributed by atoms with van der Waals surface area (Å²) >= 11 is 0. The molecule has 0 aliphatic carbocycles. The molecular formula is C16H14FNO. The Morgan fingerprint density at radius 3 is 2.63 bits per heavy atom. The molecule has 0 bridgehead atoms. The Balaban J connectivity index is 1.83. The normalized spacial score (nSPS) is 9.89. The molecule has 0 fully saturated rings. The maximum Gasteiger partial charge on any atom is 0.128 e. The fourth-order valence-electron chi connectivity index (χ4n) is 1.82. The van der Waals surface area contributed by atoms with Crippen molar-refractivity contribution in [2.24, 2.45) is 0 Å². The van der Waals surface area contributed by atoms with Gasteiger partial charge < -0.3 is 4.74 Å². The Morgan fingerprint density at radius 2 is 1.89 bits per heavy atom. The zero-order chi connectivity index (χ0) is 13.5. The number of nitrogens with zero attached hydrogens (tertiary/aromatic N) is 1.